The Morgan fingerprint density at radius 3 is 2.74 bits per heavy atom. The number of amides is 1. The largest absolute Gasteiger partial charge is 0.446 e. The maximum absolute atomic E-state index is 11.9. The maximum Gasteiger partial charge on any atom is 0.422 e. The van der Waals surface area contributed by atoms with Crippen molar-refractivity contribution in [3.63, 3.8) is 0 Å². The lowest BCUT2D eigenvalue weighted by atomic mass is 10.3. The predicted molar refractivity (Wildman–Crippen MR) is 71.8 cm³/mol. The summed E-state index contributed by atoms with van der Waals surface area (Å²) in [6.07, 6.45) is -2.08. The molecule has 110 valence electrons. The highest BCUT2D eigenvalue weighted by molar-refractivity contribution is 7.87. The van der Waals surface area contributed by atoms with Gasteiger partial charge in [-0.3, -0.25) is 0 Å². The second-order valence-corrected chi connectivity index (χ2v) is 6.32. The summed E-state index contributed by atoms with van der Waals surface area (Å²) in [4.78, 5) is 11.4. The van der Waals surface area contributed by atoms with Crippen molar-refractivity contribution in [3.8, 4) is 0 Å². The van der Waals surface area contributed by atoms with Gasteiger partial charge in [0, 0.05) is 13.1 Å². The van der Waals surface area contributed by atoms with Crippen molar-refractivity contribution in [1.82, 2.24) is 9.03 Å². The van der Waals surface area contributed by atoms with Crippen LogP contribution in [-0.4, -0.2) is 55.7 Å². The summed E-state index contributed by atoms with van der Waals surface area (Å²) in [5.74, 6) is 0. The van der Waals surface area contributed by atoms with E-state index in [0.29, 0.717) is 0 Å². The Morgan fingerprint density at radius 1 is 1.58 bits per heavy atom. The van der Waals surface area contributed by atoms with Crippen LogP contribution in [0.25, 0.3) is 0 Å². The van der Waals surface area contributed by atoms with E-state index < -0.39 is 28.5 Å². The van der Waals surface area contributed by atoms with E-state index in [-0.39, 0.29) is 24.7 Å². The van der Waals surface area contributed by atoms with E-state index in [0.717, 1.165) is 4.31 Å². The summed E-state index contributed by atoms with van der Waals surface area (Å²) in [5, 5.41) is 0. The van der Waals surface area contributed by atoms with E-state index in [9.17, 15) is 13.2 Å². The van der Waals surface area contributed by atoms with Crippen LogP contribution in [0.3, 0.4) is 0 Å². The zero-order chi connectivity index (χ0) is 14.6. The van der Waals surface area contributed by atoms with Crippen molar-refractivity contribution in [3.05, 3.63) is 0 Å². The number of hydrogen-bond acceptors (Lipinski definition) is 6. The molecule has 3 N–H and O–H groups in total. The predicted octanol–water partition coefficient (Wildman–Crippen LogP) is -0.647. The average Bonchev–Trinajstić information content (AvgIpc) is 2.27. The lowest BCUT2D eigenvalue weighted by Gasteiger charge is -2.31. The van der Waals surface area contributed by atoms with Crippen molar-refractivity contribution >= 4 is 33.5 Å². The summed E-state index contributed by atoms with van der Waals surface area (Å²) < 4.78 is 36.6. The third-order valence-electron chi connectivity index (χ3n) is 2.24. The van der Waals surface area contributed by atoms with Crippen LogP contribution in [0.2, 0.25) is 0 Å². The van der Waals surface area contributed by atoms with Gasteiger partial charge in [-0.2, -0.15) is 12.7 Å². The molecule has 1 amide bonds. The Morgan fingerprint density at radius 2 is 2.21 bits per heavy atom. The Balaban J connectivity index is 2.66. The fraction of sp³-hybridized carbons (Fsp3) is 0.778. The molecular formula is C9H17N3O5S2. The standard InChI is InChI=1S/C9H17N3O5S2/c1-6(2)17-9(13)11-19(14,15)12-3-4-16-7(5-12)8(10)18/h6-7H,3-5H2,1-2H3,(H2,10,18)(H,11,13). The second kappa shape index (κ2) is 6.46. The number of ether oxygens (including phenoxy) is 2. The first-order chi connectivity index (χ1) is 8.72. The quantitative estimate of drug-likeness (QED) is 0.664. The summed E-state index contributed by atoms with van der Waals surface area (Å²) in [6, 6.07) is 0. The SMILES string of the molecule is CC(C)OC(=O)NS(=O)(=O)N1CCOC(C(N)=S)C1. The monoisotopic (exact) mass is 311 g/mol. The number of nitrogens with one attached hydrogen (secondary N) is 1. The van der Waals surface area contributed by atoms with Gasteiger partial charge in [0.05, 0.1) is 12.7 Å². The molecule has 1 aliphatic heterocycles. The third-order valence-corrected chi connectivity index (χ3v) is 3.94. The second-order valence-electron chi connectivity index (χ2n) is 4.18. The maximum atomic E-state index is 11.9. The topological polar surface area (TPSA) is 111 Å². The fourth-order valence-electron chi connectivity index (χ4n) is 1.42. The Bertz CT molecular complexity index is 451. The Labute approximate surface area is 117 Å². The molecule has 0 aromatic heterocycles. The Hall–Kier alpha value is -0.970. The van der Waals surface area contributed by atoms with Crippen molar-refractivity contribution in [2.45, 2.75) is 26.1 Å². The zero-order valence-corrected chi connectivity index (χ0v) is 12.3. The van der Waals surface area contributed by atoms with Crippen LogP contribution >= 0.6 is 12.2 Å². The van der Waals surface area contributed by atoms with E-state index in [1.54, 1.807) is 13.8 Å². The lowest BCUT2D eigenvalue weighted by molar-refractivity contribution is 0.0379. The van der Waals surface area contributed by atoms with Crippen LogP contribution in [0.4, 0.5) is 4.79 Å². The normalized spacial score (nSPS) is 21.1. The van der Waals surface area contributed by atoms with Crippen LogP contribution in [-0.2, 0) is 19.7 Å². The molecule has 8 nitrogen and oxygen atoms in total. The van der Waals surface area contributed by atoms with Gasteiger partial charge in [-0.1, -0.05) is 12.2 Å². The molecule has 1 unspecified atom stereocenters. The van der Waals surface area contributed by atoms with Crippen LogP contribution in [0.15, 0.2) is 0 Å². The van der Waals surface area contributed by atoms with Crippen molar-refractivity contribution < 1.29 is 22.7 Å². The minimum absolute atomic E-state index is 0.0281. The van der Waals surface area contributed by atoms with E-state index in [4.69, 9.17) is 27.4 Å². The van der Waals surface area contributed by atoms with Crippen LogP contribution in [0, 0.1) is 0 Å². The number of carbonyl (C=O) groups is 1. The molecule has 0 aromatic rings. The molecule has 0 aliphatic carbocycles. The summed E-state index contributed by atoms with van der Waals surface area (Å²) in [7, 11) is -3.98. The highest BCUT2D eigenvalue weighted by Crippen LogP contribution is 2.09. The summed E-state index contributed by atoms with van der Waals surface area (Å²) in [5.41, 5.74) is 5.41. The van der Waals surface area contributed by atoms with Gasteiger partial charge in [0.2, 0.25) is 0 Å². The molecule has 19 heavy (non-hydrogen) atoms. The van der Waals surface area contributed by atoms with E-state index in [1.165, 1.54) is 0 Å². The summed E-state index contributed by atoms with van der Waals surface area (Å²) >= 11 is 4.76. The first-order valence-corrected chi connectivity index (χ1v) is 7.46. The number of morpholine rings is 1. The number of thiocarbonyl (C=S) groups is 1. The molecule has 1 heterocycles. The van der Waals surface area contributed by atoms with Crippen LogP contribution in [0.5, 0.6) is 0 Å². The molecule has 0 bridgehead atoms. The van der Waals surface area contributed by atoms with Crippen LogP contribution < -0.4 is 10.5 Å². The Kier molecular flexibility index (Phi) is 5.47. The molecule has 0 spiro atoms. The van der Waals surface area contributed by atoms with Gasteiger partial charge in [-0.25, -0.2) is 9.52 Å². The van der Waals surface area contributed by atoms with E-state index in [2.05, 4.69) is 0 Å². The van der Waals surface area contributed by atoms with E-state index in [1.807, 2.05) is 4.72 Å². The average molecular weight is 311 g/mol. The first-order valence-electron chi connectivity index (χ1n) is 5.62. The van der Waals surface area contributed by atoms with Crippen molar-refractivity contribution in [2.24, 2.45) is 5.73 Å². The highest BCUT2D eigenvalue weighted by Gasteiger charge is 2.32. The molecule has 10 heteroatoms. The molecule has 1 fully saturated rings. The van der Waals surface area contributed by atoms with Crippen LogP contribution in [0.1, 0.15) is 13.8 Å². The molecule has 1 aliphatic rings. The zero-order valence-electron chi connectivity index (χ0n) is 10.7. The molecule has 1 saturated heterocycles. The molecular weight excluding hydrogens is 294 g/mol. The summed E-state index contributed by atoms with van der Waals surface area (Å²) in [6.45, 7) is 3.47. The smallest absolute Gasteiger partial charge is 0.422 e. The van der Waals surface area contributed by atoms with Gasteiger partial charge >= 0.3 is 16.3 Å². The van der Waals surface area contributed by atoms with Gasteiger partial charge in [0.25, 0.3) is 0 Å². The molecule has 0 radical (unpaired) electrons. The lowest BCUT2D eigenvalue weighted by Crippen LogP contribution is -2.54. The first kappa shape index (κ1) is 16.1. The molecule has 0 saturated carbocycles. The molecule has 1 atom stereocenters. The number of rotatable bonds is 4. The fourth-order valence-corrected chi connectivity index (χ4v) is 2.60. The van der Waals surface area contributed by atoms with Gasteiger partial charge < -0.3 is 15.2 Å². The van der Waals surface area contributed by atoms with Gasteiger partial charge in [0.15, 0.2) is 0 Å². The number of hydrogen-bond donors (Lipinski definition) is 2. The number of nitrogens with zero attached hydrogens (tertiary/aromatic N) is 1. The minimum atomic E-state index is -3.98. The van der Waals surface area contributed by atoms with Gasteiger partial charge in [-0.15, -0.1) is 0 Å². The highest BCUT2D eigenvalue weighted by atomic mass is 32.2. The van der Waals surface area contributed by atoms with Crippen molar-refractivity contribution in [1.29, 1.82) is 0 Å². The minimum Gasteiger partial charge on any atom is -0.446 e. The molecule has 1 rings (SSSR count). The molecule has 0 aromatic carbocycles. The van der Waals surface area contributed by atoms with Crippen molar-refractivity contribution in [2.75, 3.05) is 19.7 Å². The van der Waals surface area contributed by atoms with Gasteiger partial charge in [-0.05, 0) is 13.8 Å². The number of carbonyl (C=O) groups excluding carboxylic acids is 1. The van der Waals surface area contributed by atoms with E-state index >= 15 is 0 Å². The number of nitrogens with two attached hydrogens (primary N) is 1. The third kappa shape index (κ3) is 4.90. The van der Waals surface area contributed by atoms with Gasteiger partial charge in [0.1, 0.15) is 11.1 Å².